The lowest BCUT2D eigenvalue weighted by atomic mass is 9.53. The standard InChI is InChI=1S/C13H24O/c1-9-4-5-11-8-12(14)6-7-13(11,3)10(9)2/h9-12,14H,4-8H2,1-3H3/t9?,10?,11?,12-,13-/m1/s1. The van der Waals surface area contributed by atoms with Gasteiger partial charge in [0.2, 0.25) is 0 Å². The Morgan fingerprint density at radius 2 is 1.86 bits per heavy atom. The third-order valence-electron chi connectivity index (χ3n) is 5.37. The SMILES string of the molecule is CC1CCC2C[C@H](O)CC[C@]2(C)C1C. The minimum absolute atomic E-state index is 0.00585. The summed E-state index contributed by atoms with van der Waals surface area (Å²) in [5.74, 6) is 2.51. The summed E-state index contributed by atoms with van der Waals surface area (Å²) in [4.78, 5) is 0. The van der Waals surface area contributed by atoms with Gasteiger partial charge in [0.05, 0.1) is 6.10 Å². The van der Waals surface area contributed by atoms with Crippen molar-refractivity contribution in [3.63, 3.8) is 0 Å². The number of aliphatic hydroxyl groups excluding tert-OH is 1. The maximum Gasteiger partial charge on any atom is 0.0543 e. The number of hydrogen-bond donors (Lipinski definition) is 1. The first-order valence-electron chi connectivity index (χ1n) is 6.22. The van der Waals surface area contributed by atoms with Crippen molar-refractivity contribution in [2.75, 3.05) is 0 Å². The smallest absolute Gasteiger partial charge is 0.0543 e. The molecule has 82 valence electrons. The molecule has 1 N–H and O–H groups in total. The van der Waals surface area contributed by atoms with Gasteiger partial charge in [-0.3, -0.25) is 0 Å². The van der Waals surface area contributed by atoms with E-state index in [1.165, 1.54) is 19.3 Å². The third kappa shape index (κ3) is 1.50. The third-order valence-corrected chi connectivity index (χ3v) is 5.37. The molecule has 1 nitrogen and oxygen atoms in total. The van der Waals surface area contributed by atoms with Gasteiger partial charge in [-0.2, -0.15) is 0 Å². The molecule has 0 aromatic rings. The van der Waals surface area contributed by atoms with Crippen LogP contribution in [-0.2, 0) is 0 Å². The fourth-order valence-electron chi connectivity index (χ4n) is 3.81. The molecule has 2 fully saturated rings. The van der Waals surface area contributed by atoms with Gasteiger partial charge in [0.15, 0.2) is 0 Å². The largest absolute Gasteiger partial charge is 0.393 e. The first-order valence-corrected chi connectivity index (χ1v) is 6.22. The average molecular weight is 196 g/mol. The van der Waals surface area contributed by atoms with Crippen molar-refractivity contribution < 1.29 is 5.11 Å². The number of fused-ring (bicyclic) bond motifs is 1. The summed E-state index contributed by atoms with van der Waals surface area (Å²) < 4.78 is 0. The van der Waals surface area contributed by atoms with Crippen molar-refractivity contribution in [3.8, 4) is 0 Å². The first kappa shape index (κ1) is 10.5. The van der Waals surface area contributed by atoms with Gasteiger partial charge in [0.1, 0.15) is 0 Å². The Hall–Kier alpha value is -0.0400. The van der Waals surface area contributed by atoms with Gasteiger partial charge in [0.25, 0.3) is 0 Å². The van der Waals surface area contributed by atoms with Crippen LogP contribution in [-0.4, -0.2) is 11.2 Å². The van der Waals surface area contributed by atoms with Crippen molar-refractivity contribution in [1.82, 2.24) is 0 Å². The van der Waals surface area contributed by atoms with Gasteiger partial charge in [0, 0.05) is 0 Å². The monoisotopic (exact) mass is 196 g/mol. The molecular weight excluding hydrogens is 172 g/mol. The molecule has 3 unspecified atom stereocenters. The number of rotatable bonds is 0. The summed E-state index contributed by atoms with van der Waals surface area (Å²) in [5, 5.41) is 9.71. The van der Waals surface area contributed by atoms with E-state index in [0.29, 0.717) is 5.41 Å². The molecule has 14 heavy (non-hydrogen) atoms. The van der Waals surface area contributed by atoms with E-state index in [-0.39, 0.29) is 6.10 Å². The molecule has 0 aliphatic heterocycles. The van der Waals surface area contributed by atoms with Crippen LogP contribution in [0, 0.1) is 23.2 Å². The van der Waals surface area contributed by atoms with Crippen LogP contribution in [0.5, 0.6) is 0 Å². The lowest BCUT2D eigenvalue weighted by Gasteiger charge is -2.53. The predicted molar refractivity (Wildman–Crippen MR) is 59.0 cm³/mol. The van der Waals surface area contributed by atoms with Crippen LogP contribution in [0.15, 0.2) is 0 Å². The van der Waals surface area contributed by atoms with E-state index < -0.39 is 0 Å². The van der Waals surface area contributed by atoms with Crippen LogP contribution in [0.1, 0.15) is 52.9 Å². The van der Waals surface area contributed by atoms with E-state index >= 15 is 0 Å². The molecule has 0 aromatic carbocycles. The summed E-state index contributed by atoms with van der Waals surface area (Å²) in [7, 11) is 0. The molecule has 0 aromatic heterocycles. The molecule has 2 aliphatic rings. The van der Waals surface area contributed by atoms with E-state index in [0.717, 1.165) is 30.6 Å². The Morgan fingerprint density at radius 3 is 2.57 bits per heavy atom. The van der Waals surface area contributed by atoms with Crippen molar-refractivity contribution in [3.05, 3.63) is 0 Å². The van der Waals surface area contributed by atoms with Gasteiger partial charge in [-0.15, -0.1) is 0 Å². The number of aliphatic hydroxyl groups is 1. The minimum Gasteiger partial charge on any atom is -0.393 e. The van der Waals surface area contributed by atoms with E-state index in [1.54, 1.807) is 0 Å². The van der Waals surface area contributed by atoms with E-state index in [2.05, 4.69) is 20.8 Å². The molecular formula is C13H24O. The summed E-state index contributed by atoms with van der Waals surface area (Å²) in [6.45, 7) is 7.29. The van der Waals surface area contributed by atoms with Crippen LogP contribution in [0.4, 0.5) is 0 Å². The van der Waals surface area contributed by atoms with Gasteiger partial charge < -0.3 is 5.11 Å². The molecule has 0 radical (unpaired) electrons. The zero-order valence-corrected chi connectivity index (χ0v) is 9.79. The minimum atomic E-state index is -0.00585. The Balaban J connectivity index is 2.16. The second-order valence-corrected chi connectivity index (χ2v) is 5.97. The molecule has 0 amide bonds. The van der Waals surface area contributed by atoms with Crippen LogP contribution in [0.25, 0.3) is 0 Å². The van der Waals surface area contributed by atoms with E-state index in [4.69, 9.17) is 0 Å². The van der Waals surface area contributed by atoms with E-state index in [1.807, 2.05) is 0 Å². The average Bonchev–Trinajstić information content (AvgIpc) is 2.16. The molecule has 0 bridgehead atoms. The lowest BCUT2D eigenvalue weighted by Crippen LogP contribution is -2.46. The summed E-state index contributed by atoms with van der Waals surface area (Å²) in [5.41, 5.74) is 0.525. The molecule has 0 spiro atoms. The molecule has 5 atom stereocenters. The second kappa shape index (κ2) is 3.52. The van der Waals surface area contributed by atoms with Crippen LogP contribution in [0.3, 0.4) is 0 Å². The molecule has 2 aliphatic carbocycles. The predicted octanol–water partition coefficient (Wildman–Crippen LogP) is 3.22. The Morgan fingerprint density at radius 1 is 1.14 bits per heavy atom. The van der Waals surface area contributed by atoms with Crippen molar-refractivity contribution in [2.45, 2.75) is 59.0 Å². The fraction of sp³-hybridized carbons (Fsp3) is 1.00. The van der Waals surface area contributed by atoms with E-state index in [9.17, 15) is 5.11 Å². The Kier molecular flexibility index (Phi) is 2.63. The zero-order valence-electron chi connectivity index (χ0n) is 9.79. The molecule has 0 saturated heterocycles. The highest BCUT2D eigenvalue weighted by Gasteiger charge is 2.47. The van der Waals surface area contributed by atoms with Gasteiger partial charge in [-0.05, 0) is 48.9 Å². The molecule has 2 rings (SSSR count). The maximum atomic E-state index is 9.71. The topological polar surface area (TPSA) is 20.2 Å². The van der Waals surface area contributed by atoms with Crippen LogP contribution in [0.2, 0.25) is 0 Å². The lowest BCUT2D eigenvalue weighted by molar-refractivity contribution is -0.0605. The normalized spacial score (nSPS) is 54.0. The number of hydrogen-bond acceptors (Lipinski definition) is 1. The van der Waals surface area contributed by atoms with Crippen LogP contribution >= 0.6 is 0 Å². The molecule has 0 heterocycles. The highest BCUT2D eigenvalue weighted by atomic mass is 16.3. The quantitative estimate of drug-likeness (QED) is 0.630. The molecule has 2 saturated carbocycles. The Bertz CT molecular complexity index is 213. The van der Waals surface area contributed by atoms with Gasteiger partial charge in [-0.25, -0.2) is 0 Å². The van der Waals surface area contributed by atoms with Crippen molar-refractivity contribution in [1.29, 1.82) is 0 Å². The molecule has 1 heteroatoms. The highest BCUT2D eigenvalue weighted by Crippen LogP contribution is 2.54. The summed E-state index contributed by atoms with van der Waals surface area (Å²) in [6.07, 6.45) is 6.04. The van der Waals surface area contributed by atoms with Crippen molar-refractivity contribution in [2.24, 2.45) is 23.2 Å². The van der Waals surface area contributed by atoms with Gasteiger partial charge in [-0.1, -0.05) is 27.2 Å². The Labute approximate surface area is 87.9 Å². The first-order chi connectivity index (χ1) is 6.54. The van der Waals surface area contributed by atoms with Crippen molar-refractivity contribution >= 4 is 0 Å². The van der Waals surface area contributed by atoms with Gasteiger partial charge >= 0.3 is 0 Å². The maximum absolute atomic E-state index is 9.71. The zero-order chi connectivity index (χ0) is 10.3. The van der Waals surface area contributed by atoms with Crippen LogP contribution < -0.4 is 0 Å². The second-order valence-electron chi connectivity index (χ2n) is 5.97. The summed E-state index contributed by atoms with van der Waals surface area (Å²) in [6, 6.07) is 0. The fourth-order valence-corrected chi connectivity index (χ4v) is 3.81. The summed E-state index contributed by atoms with van der Waals surface area (Å²) >= 11 is 0. The highest BCUT2D eigenvalue weighted by molar-refractivity contribution is 4.97.